The molecule has 0 saturated heterocycles. The van der Waals surface area contributed by atoms with Crippen LogP contribution in [0.15, 0.2) is 15.9 Å². The van der Waals surface area contributed by atoms with Gasteiger partial charge in [-0.2, -0.15) is 0 Å². The van der Waals surface area contributed by atoms with E-state index in [0.717, 1.165) is 27.0 Å². The van der Waals surface area contributed by atoms with Gasteiger partial charge < -0.3 is 9.30 Å². The maximum absolute atomic E-state index is 12.2. The number of aryl methyl sites for hydroxylation is 1. The van der Waals surface area contributed by atoms with Crippen molar-refractivity contribution in [3.63, 3.8) is 0 Å². The molecule has 0 aliphatic heterocycles. The van der Waals surface area contributed by atoms with Crippen LogP contribution >= 0.6 is 27.3 Å². The lowest BCUT2D eigenvalue weighted by molar-refractivity contribution is 0.0514. The number of ether oxygens (including phenoxy) is 1. The number of thiophene rings is 1. The van der Waals surface area contributed by atoms with Crippen LogP contribution in [0, 0.1) is 0 Å². The molecule has 5 heteroatoms. The monoisotopic (exact) mass is 441 g/mol. The zero-order valence-corrected chi connectivity index (χ0v) is 18.6. The molecule has 0 atom stereocenters. The van der Waals surface area contributed by atoms with Gasteiger partial charge in [-0.1, -0.05) is 64.7 Å². The molecule has 146 valence electrons. The number of hydrogen-bond donors (Lipinski definition) is 0. The van der Waals surface area contributed by atoms with E-state index in [1.165, 1.54) is 57.8 Å². The van der Waals surface area contributed by atoms with Crippen molar-refractivity contribution in [3.05, 3.63) is 21.6 Å². The molecule has 0 spiro atoms. The summed E-state index contributed by atoms with van der Waals surface area (Å²) in [4.78, 5) is 12.2. The molecule has 0 aromatic carbocycles. The number of aromatic nitrogens is 1. The minimum Gasteiger partial charge on any atom is -0.461 e. The Balaban J connectivity index is 1.78. The minimum atomic E-state index is -0.209. The third kappa shape index (κ3) is 6.41. The van der Waals surface area contributed by atoms with Crippen LogP contribution in [-0.4, -0.2) is 17.1 Å². The summed E-state index contributed by atoms with van der Waals surface area (Å²) in [7, 11) is 0. The average Bonchev–Trinajstić information content (AvgIpc) is 3.13. The van der Waals surface area contributed by atoms with Crippen molar-refractivity contribution < 1.29 is 9.53 Å². The van der Waals surface area contributed by atoms with E-state index in [1.54, 1.807) is 11.3 Å². The second kappa shape index (κ2) is 11.8. The summed E-state index contributed by atoms with van der Waals surface area (Å²) in [6, 6.07) is 4.08. The second-order valence-corrected chi connectivity index (χ2v) is 9.35. The normalized spacial score (nSPS) is 11.3. The van der Waals surface area contributed by atoms with E-state index in [9.17, 15) is 4.79 Å². The number of nitrogens with zero attached hydrogens (tertiary/aromatic N) is 1. The number of unbranched alkanes of at least 4 members (excludes halogenated alkanes) is 9. The van der Waals surface area contributed by atoms with Gasteiger partial charge in [0.05, 0.1) is 20.6 Å². The number of esters is 1. The Morgan fingerprint density at radius 3 is 2.23 bits per heavy atom. The molecule has 0 saturated carbocycles. The summed E-state index contributed by atoms with van der Waals surface area (Å²) in [6.45, 7) is 5.42. The molecular formula is C21H32BrNO2S. The van der Waals surface area contributed by atoms with E-state index < -0.39 is 0 Å². The van der Waals surface area contributed by atoms with Gasteiger partial charge in [0.25, 0.3) is 0 Å². The fraction of sp³-hybridized carbons (Fsp3) is 0.667. The lowest BCUT2D eigenvalue weighted by Gasteiger charge is -2.09. The van der Waals surface area contributed by atoms with E-state index in [-0.39, 0.29) is 5.97 Å². The minimum absolute atomic E-state index is 0.209. The molecule has 26 heavy (non-hydrogen) atoms. The standard InChI is InChI=1S/C21H32BrNO2S/c1-3-5-6-7-8-9-10-11-12-13-14-23-17-16-20(22)26-19(17)15-18(23)21(24)25-4-2/h15-16H,3-14H2,1-2H3. The predicted octanol–water partition coefficient (Wildman–Crippen LogP) is 7.56. The smallest absolute Gasteiger partial charge is 0.355 e. The SMILES string of the molecule is CCCCCCCCCCCCn1c(C(=O)OCC)cc2sc(Br)cc21. The van der Waals surface area contributed by atoms with E-state index in [4.69, 9.17) is 4.74 Å². The number of carbonyl (C=O) groups excluding carboxylic acids is 1. The predicted molar refractivity (Wildman–Crippen MR) is 115 cm³/mol. The molecule has 3 nitrogen and oxygen atoms in total. The average molecular weight is 442 g/mol. The van der Waals surface area contributed by atoms with Crippen LogP contribution in [0.2, 0.25) is 0 Å². The Hall–Kier alpha value is -0.810. The lowest BCUT2D eigenvalue weighted by atomic mass is 10.1. The second-order valence-electron chi connectivity index (χ2n) is 6.88. The van der Waals surface area contributed by atoms with E-state index in [0.29, 0.717) is 12.3 Å². The highest BCUT2D eigenvalue weighted by molar-refractivity contribution is 9.11. The number of rotatable bonds is 13. The first kappa shape index (κ1) is 21.5. The van der Waals surface area contributed by atoms with E-state index in [1.807, 2.05) is 13.0 Å². The Morgan fingerprint density at radius 2 is 1.62 bits per heavy atom. The largest absolute Gasteiger partial charge is 0.461 e. The van der Waals surface area contributed by atoms with Gasteiger partial charge in [-0.05, 0) is 41.4 Å². The summed E-state index contributed by atoms with van der Waals surface area (Å²) >= 11 is 5.22. The quantitative estimate of drug-likeness (QED) is 0.237. The first-order chi connectivity index (χ1) is 12.7. The van der Waals surface area contributed by atoms with Gasteiger partial charge in [-0.25, -0.2) is 4.79 Å². The fourth-order valence-electron chi connectivity index (χ4n) is 3.38. The summed E-state index contributed by atoms with van der Waals surface area (Å²) in [5, 5.41) is 0. The molecule has 2 rings (SSSR count). The van der Waals surface area contributed by atoms with Gasteiger partial charge in [0.15, 0.2) is 0 Å². The third-order valence-corrected chi connectivity index (χ3v) is 6.35. The fourth-order valence-corrected chi connectivity index (χ4v) is 4.95. The van der Waals surface area contributed by atoms with Crippen molar-refractivity contribution >= 4 is 43.5 Å². The molecule has 2 aromatic rings. The Morgan fingerprint density at radius 1 is 1.00 bits per heavy atom. The van der Waals surface area contributed by atoms with Gasteiger partial charge in [-0.3, -0.25) is 0 Å². The molecule has 0 bridgehead atoms. The molecule has 0 fully saturated rings. The molecule has 0 radical (unpaired) electrons. The highest BCUT2D eigenvalue weighted by Gasteiger charge is 2.18. The van der Waals surface area contributed by atoms with Crippen molar-refractivity contribution in [3.8, 4) is 0 Å². The van der Waals surface area contributed by atoms with E-state index in [2.05, 4.69) is 33.5 Å². The van der Waals surface area contributed by atoms with Crippen molar-refractivity contribution in [1.29, 1.82) is 0 Å². The summed E-state index contributed by atoms with van der Waals surface area (Å²) < 4.78 is 9.62. The Bertz CT molecular complexity index is 677. The highest BCUT2D eigenvalue weighted by Crippen LogP contribution is 2.33. The van der Waals surface area contributed by atoms with Crippen LogP contribution in [0.4, 0.5) is 0 Å². The molecule has 0 N–H and O–H groups in total. The molecule has 0 aliphatic carbocycles. The van der Waals surface area contributed by atoms with Crippen LogP contribution in [0.5, 0.6) is 0 Å². The van der Waals surface area contributed by atoms with Gasteiger partial charge in [0.1, 0.15) is 5.69 Å². The highest BCUT2D eigenvalue weighted by atomic mass is 79.9. The zero-order chi connectivity index (χ0) is 18.8. The molecule has 0 aliphatic rings. The topological polar surface area (TPSA) is 31.2 Å². The van der Waals surface area contributed by atoms with Crippen LogP contribution in [0.3, 0.4) is 0 Å². The van der Waals surface area contributed by atoms with Gasteiger partial charge in [0.2, 0.25) is 0 Å². The maximum atomic E-state index is 12.2. The summed E-state index contributed by atoms with van der Waals surface area (Å²) in [6.07, 6.45) is 13.2. The summed E-state index contributed by atoms with van der Waals surface area (Å²) in [5.74, 6) is -0.209. The van der Waals surface area contributed by atoms with Crippen molar-refractivity contribution in [1.82, 2.24) is 4.57 Å². The summed E-state index contributed by atoms with van der Waals surface area (Å²) in [5.41, 5.74) is 1.83. The Labute approximate surface area is 170 Å². The first-order valence-electron chi connectivity index (χ1n) is 10.1. The zero-order valence-electron chi connectivity index (χ0n) is 16.2. The Kier molecular flexibility index (Phi) is 9.76. The number of halogens is 1. The molecule has 2 heterocycles. The van der Waals surface area contributed by atoms with E-state index >= 15 is 0 Å². The van der Waals surface area contributed by atoms with Crippen molar-refractivity contribution in [2.45, 2.75) is 84.6 Å². The van der Waals surface area contributed by atoms with Gasteiger partial charge in [0, 0.05) is 6.54 Å². The molecule has 0 unspecified atom stereocenters. The van der Waals surface area contributed by atoms with Crippen molar-refractivity contribution in [2.75, 3.05) is 6.61 Å². The molecule has 2 aromatic heterocycles. The maximum Gasteiger partial charge on any atom is 0.355 e. The van der Waals surface area contributed by atoms with Crippen LogP contribution in [-0.2, 0) is 11.3 Å². The number of hydrogen-bond acceptors (Lipinski definition) is 3. The van der Waals surface area contributed by atoms with Crippen LogP contribution in [0.1, 0.15) is 88.5 Å². The van der Waals surface area contributed by atoms with Gasteiger partial charge >= 0.3 is 5.97 Å². The van der Waals surface area contributed by atoms with Crippen LogP contribution in [0.25, 0.3) is 10.2 Å². The molecule has 0 amide bonds. The molecular weight excluding hydrogens is 410 g/mol. The van der Waals surface area contributed by atoms with Gasteiger partial charge in [-0.15, -0.1) is 11.3 Å². The first-order valence-corrected chi connectivity index (χ1v) is 11.7. The number of carbonyl (C=O) groups is 1. The van der Waals surface area contributed by atoms with Crippen LogP contribution < -0.4 is 0 Å². The lowest BCUT2D eigenvalue weighted by Crippen LogP contribution is -2.12. The third-order valence-electron chi connectivity index (χ3n) is 4.78. The van der Waals surface area contributed by atoms with Crippen molar-refractivity contribution in [2.24, 2.45) is 0 Å². The number of fused-ring (bicyclic) bond motifs is 1.